The number of unbranched alkanes of at least 4 members (excludes halogenated alkanes) is 1. The summed E-state index contributed by atoms with van der Waals surface area (Å²) in [5, 5.41) is 0. The van der Waals surface area contributed by atoms with E-state index in [-0.39, 0.29) is 5.52 Å². The average molecular weight is 316 g/mol. The highest BCUT2D eigenvalue weighted by molar-refractivity contribution is 6.17. The standard InChI is InChI=1S/C15H20ClF2N3/c1-20(2)7-3-4-8-21-13-10-11(17)9-12(18)15(13)19-14(21)5-6-16/h9-10H,3-8H2,1-2H3. The minimum atomic E-state index is -0.618. The van der Waals surface area contributed by atoms with E-state index in [1.807, 2.05) is 18.7 Å². The Balaban J connectivity index is 2.27. The molecule has 6 heteroatoms. The summed E-state index contributed by atoms with van der Waals surface area (Å²) in [6.45, 7) is 1.68. The van der Waals surface area contributed by atoms with Gasteiger partial charge in [0.15, 0.2) is 5.82 Å². The zero-order valence-electron chi connectivity index (χ0n) is 12.4. The van der Waals surface area contributed by atoms with Crippen LogP contribution in [0.25, 0.3) is 11.0 Å². The summed E-state index contributed by atoms with van der Waals surface area (Å²) in [6, 6.07) is 2.21. The van der Waals surface area contributed by atoms with Crippen molar-refractivity contribution in [3.8, 4) is 0 Å². The van der Waals surface area contributed by atoms with E-state index in [1.54, 1.807) is 0 Å². The van der Waals surface area contributed by atoms with Gasteiger partial charge in [0, 0.05) is 24.9 Å². The number of imidazole rings is 1. The summed E-state index contributed by atoms with van der Waals surface area (Å²) in [6.07, 6.45) is 2.49. The fraction of sp³-hybridized carbons (Fsp3) is 0.533. The van der Waals surface area contributed by atoms with Crippen LogP contribution in [0.3, 0.4) is 0 Å². The molecule has 2 aromatic rings. The molecular weight excluding hydrogens is 296 g/mol. The summed E-state index contributed by atoms with van der Waals surface area (Å²) in [4.78, 5) is 6.40. The molecule has 0 radical (unpaired) electrons. The fourth-order valence-electron chi connectivity index (χ4n) is 2.42. The van der Waals surface area contributed by atoms with Crippen molar-refractivity contribution in [2.75, 3.05) is 26.5 Å². The maximum atomic E-state index is 13.8. The number of fused-ring (bicyclic) bond motifs is 1. The molecule has 0 saturated carbocycles. The second-order valence-electron chi connectivity index (χ2n) is 5.38. The molecule has 1 aromatic heterocycles. The smallest absolute Gasteiger partial charge is 0.153 e. The van der Waals surface area contributed by atoms with Crippen molar-refractivity contribution in [1.82, 2.24) is 14.5 Å². The third kappa shape index (κ3) is 3.92. The van der Waals surface area contributed by atoms with E-state index >= 15 is 0 Å². The molecule has 2 rings (SSSR count). The lowest BCUT2D eigenvalue weighted by Gasteiger charge is -2.11. The third-order valence-electron chi connectivity index (χ3n) is 3.41. The van der Waals surface area contributed by atoms with Crippen LogP contribution >= 0.6 is 11.6 Å². The molecule has 0 fully saturated rings. The van der Waals surface area contributed by atoms with E-state index in [1.165, 1.54) is 6.07 Å². The van der Waals surface area contributed by atoms with Gasteiger partial charge >= 0.3 is 0 Å². The highest BCUT2D eigenvalue weighted by Crippen LogP contribution is 2.22. The van der Waals surface area contributed by atoms with E-state index < -0.39 is 11.6 Å². The summed E-state index contributed by atoms with van der Waals surface area (Å²) in [5.41, 5.74) is 0.738. The van der Waals surface area contributed by atoms with Crippen molar-refractivity contribution in [2.24, 2.45) is 0 Å². The van der Waals surface area contributed by atoms with E-state index in [0.29, 0.717) is 30.2 Å². The highest BCUT2D eigenvalue weighted by atomic mass is 35.5. The van der Waals surface area contributed by atoms with E-state index in [0.717, 1.165) is 25.5 Å². The topological polar surface area (TPSA) is 21.1 Å². The van der Waals surface area contributed by atoms with Crippen LogP contribution in [0.2, 0.25) is 0 Å². The quantitative estimate of drug-likeness (QED) is 0.576. The third-order valence-corrected chi connectivity index (χ3v) is 3.60. The summed E-state index contributed by atoms with van der Waals surface area (Å²) >= 11 is 5.78. The van der Waals surface area contributed by atoms with Gasteiger partial charge in [0.05, 0.1) is 5.52 Å². The van der Waals surface area contributed by atoms with Gasteiger partial charge in [-0.2, -0.15) is 0 Å². The van der Waals surface area contributed by atoms with Gasteiger partial charge in [0.25, 0.3) is 0 Å². The van der Waals surface area contributed by atoms with Gasteiger partial charge in [0.1, 0.15) is 17.2 Å². The molecule has 0 aliphatic carbocycles. The molecule has 0 saturated heterocycles. The molecule has 0 unspecified atom stereocenters. The normalized spacial score (nSPS) is 11.7. The molecule has 0 amide bonds. The molecule has 0 aliphatic heterocycles. The molecule has 0 bridgehead atoms. The van der Waals surface area contributed by atoms with Crippen molar-refractivity contribution in [2.45, 2.75) is 25.8 Å². The molecule has 0 spiro atoms. The van der Waals surface area contributed by atoms with Gasteiger partial charge in [-0.3, -0.25) is 0 Å². The fourth-order valence-corrected chi connectivity index (χ4v) is 2.59. The first kappa shape index (κ1) is 16.2. The van der Waals surface area contributed by atoms with Gasteiger partial charge in [-0.25, -0.2) is 13.8 Å². The van der Waals surface area contributed by atoms with Crippen LogP contribution < -0.4 is 0 Å². The summed E-state index contributed by atoms with van der Waals surface area (Å²) in [7, 11) is 4.05. The number of benzene rings is 1. The van der Waals surface area contributed by atoms with Crippen molar-refractivity contribution >= 4 is 22.6 Å². The predicted molar refractivity (Wildman–Crippen MR) is 81.9 cm³/mol. The lowest BCUT2D eigenvalue weighted by atomic mass is 10.2. The van der Waals surface area contributed by atoms with Gasteiger partial charge in [-0.15, -0.1) is 11.6 Å². The molecule has 0 aliphatic rings. The SMILES string of the molecule is CN(C)CCCCn1c(CCCl)nc2c(F)cc(F)cc21. The van der Waals surface area contributed by atoms with Crippen LogP contribution in [0.5, 0.6) is 0 Å². The predicted octanol–water partition coefficient (Wildman–Crippen LogP) is 3.44. The minimum Gasteiger partial charge on any atom is -0.328 e. The van der Waals surface area contributed by atoms with Crippen LogP contribution in [0, 0.1) is 11.6 Å². The van der Waals surface area contributed by atoms with Gasteiger partial charge < -0.3 is 9.47 Å². The Morgan fingerprint density at radius 1 is 1.24 bits per heavy atom. The van der Waals surface area contributed by atoms with Crippen LogP contribution in [-0.4, -0.2) is 41.0 Å². The molecule has 0 N–H and O–H groups in total. The molecule has 1 aromatic carbocycles. The zero-order valence-corrected chi connectivity index (χ0v) is 13.1. The number of rotatable bonds is 7. The summed E-state index contributed by atoms with van der Waals surface area (Å²) in [5.74, 6) is -0.0698. The van der Waals surface area contributed by atoms with Gasteiger partial charge in [-0.1, -0.05) is 0 Å². The molecule has 3 nitrogen and oxygen atoms in total. The number of alkyl halides is 1. The van der Waals surface area contributed by atoms with Gasteiger partial charge in [-0.05, 0) is 39.5 Å². The number of halogens is 3. The Kier molecular flexibility index (Phi) is 5.53. The van der Waals surface area contributed by atoms with Crippen LogP contribution in [0.1, 0.15) is 18.7 Å². The van der Waals surface area contributed by atoms with Crippen molar-refractivity contribution in [1.29, 1.82) is 0 Å². The monoisotopic (exact) mass is 315 g/mol. The van der Waals surface area contributed by atoms with Crippen LogP contribution in [0.4, 0.5) is 8.78 Å². The first-order chi connectivity index (χ1) is 10.0. The maximum Gasteiger partial charge on any atom is 0.153 e. The Bertz CT molecular complexity index is 610. The Morgan fingerprint density at radius 2 is 2.00 bits per heavy atom. The number of hydrogen-bond donors (Lipinski definition) is 0. The maximum absolute atomic E-state index is 13.8. The molecule has 116 valence electrons. The number of aryl methyl sites for hydroxylation is 2. The first-order valence-corrected chi connectivity index (χ1v) is 7.61. The lowest BCUT2D eigenvalue weighted by molar-refractivity contribution is 0.387. The number of aromatic nitrogens is 2. The second kappa shape index (κ2) is 7.18. The minimum absolute atomic E-state index is 0.226. The average Bonchev–Trinajstić information content (AvgIpc) is 2.73. The van der Waals surface area contributed by atoms with Gasteiger partial charge in [0.2, 0.25) is 0 Å². The Morgan fingerprint density at radius 3 is 2.67 bits per heavy atom. The van der Waals surface area contributed by atoms with Crippen molar-refractivity contribution in [3.63, 3.8) is 0 Å². The van der Waals surface area contributed by atoms with Crippen LogP contribution in [-0.2, 0) is 13.0 Å². The second-order valence-corrected chi connectivity index (χ2v) is 5.76. The number of hydrogen-bond acceptors (Lipinski definition) is 2. The van der Waals surface area contributed by atoms with Crippen LogP contribution in [0.15, 0.2) is 12.1 Å². The van der Waals surface area contributed by atoms with Crippen molar-refractivity contribution < 1.29 is 8.78 Å². The summed E-state index contributed by atoms with van der Waals surface area (Å²) < 4.78 is 29.2. The molecule has 21 heavy (non-hydrogen) atoms. The molecular formula is C15H20ClF2N3. The molecule has 1 heterocycles. The highest BCUT2D eigenvalue weighted by Gasteiger charge is 2.15. The zero-order chi connectivity index (χ0) is 15.4. The van der Waals surface area contributed by atoms with Crippen molar-refractivity contribution in [3.05, 3.63) is 29.6 Å². The lowest BCUT2D eigenvalue weighted by Crippen LogP contribution is -2.14. The first-order valence-electron chi connectivity index (χ1n) is 7.07. The Labute approximate surface area is 128 Å². The largest absolute Gasteiger partial charge is 0.328 e. The van der Waals surface area contributed by atoms with E-state index in [4.69, 9.17) is 11.6 Å². The van der Waals surface area contributed by atoms with E-state index in [9.17, 15) is 8.78 Å². The Hall–Kier alpha value is -1.20. The number of nitrogens with zero attached hydrogens (tertiary/aromatic N) is 3. The van der Waals surface area contributed by atoms with E-state index in [2.05, 4.69) is 9.88 Å². The molecule has 0 atom stereocenters.